The molecule has 1 atom stereocenters. The van der Waals surface area contributed by atoms with E-state index in [1.54, 1.807) is 0 Å². The third-order valence-electron chi connectivity index (χ3n) is 3.11. The first-order chi connectivity index (χ1) is 8.72. The third-order valence-corrected chi connectivity index (χ3v) is 4.91. The Balaban J connectivity index is 2.49. The molecule has 0 aromatic heterocycles. The topological polar surface area (TPSA) is 130 Å². The first-order valence-electron chi connectivity index (χ1n) is 5.97. The van der Waals surface area contributed by atoms with Crippen molar-refractivity contribution in [2.75, 3.05) is 19.6 Å². The summed E-state index contributed by atoms with van der Waals surface area (Å²) in [6.07, 6.45) is 1.05. The molecule has 0 spiro atoms. The van der Waals surface area contributed by atoms with Crippen LogP contribution in [0.15, 0.2) is 0 Å². The van der Waals surface area contributed by atoms with Crippen molar-refractivity contribution < 1.29 is 23.1 Å². The Hall–Kier alpha value is -1.19. The Morgan fingerprint density at radius 1 is 1.42 bits per heavy atom. The fraction of sp³-hybridized carbons (Fsp3) is 0.800. The van der Waals surface area contributed by atoms with Crippen molar-refractivity contribution in [1.29, 1.82) is 0 Å². The van der Waals surface area contributed by atoms with Gasteiger partial charge in [-0.2, -0.15) is 0 Å². The van der Waals surface area contributed by atoms with Crippen LogP contribution < -0.4 is 10.5 Å². The van der Waals surface area contributed by atoms with E-state index in [0.29, 0.717) is 25.9 Å². The molecule has 0 aromatic carbocycles. The SMILES string of the molecule is CC(C(=O)O)S(=O)(=O)NC1CCN(CC(N)=O)CC1. The number of carboxylic acids is 1. The molecular weight excluding hydrogens is 274 g/mol. The van der Waals surface area contributed by atoms with E-state index in [1.165, 1.54) is 0 Å². The summed E-state index contributed by atoms with van der Waals surface area (Å²) in [4.78, 5) is 23.3. The van der Waals surface area contributed by atoms with Crippen molar-refractivity contribution in [3.05, 3.63) is 0 Å². The number of aliphatic carboxylic acids is 1. The zero-order valence-electron chi connectivity index (χ0n) is 10.7. The van der Waals surface area contributed by atoms with Gasteiger partial charge in [0.25, 0.3) is 0 Å². The molecule has 1 aliphatic heterocycles. The molecule has 0 aliphatic carbocycles. The largest absolute Gasteiger partial charge is 0.480 e. The van der Waals surface area contributed by atoms with Crippen LogP contribution in [0.5, 0.6) is 0 Å². The Labute approximate surface area is 112 Å². The standard InChI is InChI=1S/C10H19N3O5S/c1-7(10(15)16)19(17,18)12-8-2-4-13(5-3-8)6-9(11)14/h7-8,12H,2-6H2,1H3,(H2,11,14)(H,15,16). The second-order valence-electron chi connectivity index (χ2n) is 4.66. The molecule has 1 saturated heterocycles. The minimum Gasteiger partial charge on any atom is -0.480 e. The minimum absolute atomic E-state index is 0.158. The fourth-order valence-electron chi connectivity index (χ4n) is 1.90. The van der Waals surface area contributed by atoms with E-state index in [2.05, 4.69) is 4.72 Å². The van der Waals surface area contributed by atoms with Crippen LogP contribution >= 0.6 is 0 Å². The number of amides is 1. The average Bonchev–Trinajstić information content (AvgIpc) is 2.29. The number of piperidine rings is 1. The second kappa shape index (κ2) is 6.31. The number of hydrogen-bond donors (Lipinski definition) is 3. The van der Waals surface area contributed by atoms with Gasteiger partial charge in [0.05, 0.1) is 6.54 Å². The summed E-state index contributed by atoms with van der Waals surface area (Å²) in [7, 11) is -3.86. The van der Waals surface area contributed by atoms with Crippen molar-refractivity contribution in [3.63, 3.8) is 0 Å². The first-order valence-corrected chi connectivity index (χ1v) is 7.51. The molecule has 0 radical (unpaired) electrons. The van der Waals surface area contributed by atoms with Gasteiger partial charge in [-0.1, -0.05) is 0 Å². The van der Waals surface area contributed by atoms with Crippen molar-refractivity contribution in [1.82, 2.24) is 9.62 Å². The highest BCUT2D eigenvalue weighted by Gasteiger charge is 2.31. The lowest BCUT2D eigenvalue weighted by Crippen LogP contribution is -2.49. The third kappa shape index (κ3) is 4.77. The van der Waals surface area contributed by atoms with Gasteiger partial charge < -0.3 is 10.8 Å². The second-order valence-corrected chi connectivity index (χ2v) is 6.69. The van der Waals surface area contributed by atoms with E-state index < -0.39 is 27.1 Å². The Bertz CT molecular complexity index is 442. The number of carbonyl (C=O) groups is 2. The maximum Gasteiger partial charge on any atom is 0.323 e. The molecule has 1 heterocycles. The number of sulfonamides is 1. The van der Waals surface area contributed by atoms with Gasteiger partial charge in [-0.05, 0) is 19.8 Å². The summed E-state index contributed by atoms with van der Waals surface area (Å²) in [6, 6.07) is -0.295. The number of carbonyl (C=O) groups excluding carboxylic acids is 1. The molecule has 9 heteroatoms. The van der Waals surface area contributed by atoms with E-state index in [1.807, 2.05) is 4.90 Å². The number of rotatable bonds is 6. The van der Waals surface area contributed by atoms with Crippen LogP contribution in [0, 0.1) is 0 Å². The van der Waals surface area contributed by atoms with Gasteiger partial charge in [0.2, 0.25) is 15.9 Å². The smallest absolute Gasteiger partial charge is 0.323 e. The van der Waals surface area contributed by atoms with Crippen LogP contribution in [-0.4, -0.2) is 61.2 Å². The molecule has 1 rings (SSSR count). The number of nitrogens with two attached hydrogens (primary N) is 1. The highest BCUT2D eigenvalue weighted by Crippen LogP contribution is 2.12. The van der Waals surface area contributed by atoms with E-state index in [-0.39, 0.29) is 12.6 Å². The van der Waals surface area contributed by atoms with Gasteiger partial charge >= 0.3 is 5.97 Å². The molecule has 110 valence electrons. The monoisotopic (exact) mass is 293 g/mol. The number of carboxylic acid groups (broad SMARTS) is 1. The molecule has 4 N–H and O–H groups in total. The van der Waals surface area contributed by atoms with E-state index in [0.717, 1.165) is 6.92 Å². The Kier molecular flexibility index (Phi) is 5.27. The summed E-state index contributed by atoms with van der Waals surface area (Å²) in [5.41, 5.74) is 5.08. The highest BCUT2D eigenvalue weighted by atomic mass is 32.2. The zero-order valence-corrected chi connectivity index (χ0v) is 11.5. The van der Waals surface area contributed by atoms with Gasteiger partial charge in [-0.15, -0.1) is 0 Å². The molecule has 1 amide bonds. The molecule has 1 aliphatic rings. The molecule has 1 unspecified atom stereocenters. The molecular formula is C10H19N3O5S. The van der Waals surface area contributed by atoms with Crippen molar-refractivity contribution in [2.45, 2.75) is 31.1 Å². The van der Waals surface area contributed by atoms with Crippen LogP contribution in [-0.2, 0) is 19.6 Å². The highest BCUT2D eigenvalue weighted by molar-refractivity contribution is 7.90. The summed E-state index contributed by atoms with van der Waals surface area (Å²) in [5.74, 6) is -1.79. The maximum atomic E-state index is 11.7. The maximum absolute atomic E-state index is 11.7. The number of nitrogens with zero attached hydrogens (tertiary/aromatic N) is 1. The molecule has 0 bridgehead atoms. The summed E-state index contributed by atoms with van der Waals surface area (Å²) >= 11 is 0. The first kappa shape index (κ1) is 15.9. The van der Waals surface area contributed by atoms with E-state index in [9.17, 15) is 18.0 Å². The van der Waals surface area contributed by atoms with Crippen LogP contribution in [0.3, 0.4) is 0 Å². The molecule has 0 saturated carbocycles. The predicted octanol–water partition coefficient (Wildman–Crippen LogP) is -1.67. The van der Waals surface area contributed by atoms with Crippen LogP contribution in [0.1, 0.15) is 19.8 Å². The molecule has 19 heavy (non-hydrogen) atoms. The van der Waals surface area contributed by atoms with Gasteiger partial charge in [0, 0.05) is 19.1 Å². The number of nitrogens with one attached hydrogen (secondary N) is 1. The number of primary amides is 1. The van der Waals surface area contributed by atoms with Crippen molar-refractivity contribution >= 4 is 21.9 Å². The Morgan fingerprint density at radius 3 is 2.37 bits per heavy atom. The van der Waals surface area contributed by atoms with Crippen LogP contribution in [0.2, 0.25) is 0 Å². The van der Waals surface area contributed by atoms with Crippen molar-refractivity contribution in [3.8, 4) is 0 Å². The van der Waals surface area contributed by atoms with Gasteiger partial charge in [0.1, 0.15) is 0 Å². The van der Waals surface area contributed by atoms with Crippen LogP contribution in [0.25, 0.3) is 0 Å². The van der Waals surface area contributed by atoms with Crippen LogP contribution in [0.4, 0.5) is 0 Å². The van der Waals surface area contributed by atoms with Crippen molar-refractivity contribution in [2.24, 2.45) is 5.73 Å². The lowest BCUT2D eigenvalue weighted by molar-refractivity contribution is -0.136. The van der Waals surface area contributed by atoms with Gasteiger partial charge in [0.15, 0.2) is 5.25 Å². The fourth-order valence-corrected chi connectivity index (χ4v) is 3.07. The lowest BCUT2D eigenvalue weighted by atomic mass is 10.1. The number of likely N-dealkylation sites (tertiary alicyclic amines) is 1. The number of hydrogen-bond acceptors (Lipinski definition) is 5. The normalized spacial score (nSPS) is 20.1. The molecule has 0 aromatic rings. The van der Waals surface area contributed by atoms with E-state index in [4.69, 9.17) is 10.8 Å². The van der Waals surface area contributed by atoms with Gasteiger partial charge in [-0.25, -0.2) is 13.1 Å². The van der Waals surface area contributed by atoms with Gasteiger partial charge in [-0.3, -0.25) is 14.5 Å². The lowest BCUT2D eigenvalue weighted by Gasteiger charge is -2.31. The molecule has 8 nitrogen and oxygen atoms in total. The quantitative estimate of drug-likeness (QED) is 0.537. The van der Waals surface area contributed by atoms with E-state index >= 15 is 0 Å². The summed E-state index contributed by atoms with van der Waals surface area (Å²) in [5, 5.41) is 7.23. The minimum atomic E-state index is -3.86. The zero-order chi connectivity index (χ0) is 14.6. The summed E-state index contributed by atoms with van der Waals surface area (Å²) in [6.45, 7) is 2.40. The Morgan fingerprint density at radius 2 is 1.95 bits per heavy atom. The average molecular weight is 293 g/mol. The predicted molar refractivity (Wildman–Crippen MR) is 67.8 cm³/mol. The summed E-state index contributed by atoms with van der Waals surface area (Å²) < 4.78 is 25.8. The molecule has 1 fully saturated rings.